The summed E-state index contributed by atoms with van der Waals surface area (Å²) >= 11 is 0. The van der Waals surface area contributed by atoms with E-state index in [9.17, 15) is 4.79 Å². The molecule has 4 atom stereocenters. The molecule has 1 amide bonds. The van der Waals surface area contributed by atoms with Crippen LogP contribution < -0.4 is 11.1 Å². The van der Waals surface area contributed by atoms with E-state index in [1.54, 1.807) is 7.11 Å². The number of ether oxygens (including phenoxy) is 1. The third kappa shape index (κ3) is 4.17. The molecule has 0 aromatic carbocycles. The first-order chi connectivity index (χ1) is 9.34. The lowest BCUT2D eigenvalue weighted by Crippen LogP contribution is -2.57. The third-order valence-electron chi connectivity index (χ3n) is 4.66. The van der Waals surface area contributed by atoms with Crippen molar-refractivity contribution in [1.82, 2.24) is 10.2 Å². The topological polar surface area (TPSA) is 67.6 Å². The van der Waals surface area contributed by atoms with Crippen molar-refractivity contribution in [2.24, 2.45) is 11.7 Å². The number of carbonyl (C=O) groups is 1. The smallest absolute Gasteiger partial charge is 0.237 e. The van der Waals surface area contributed by atoms with Crippen molar-refractivity contribution >= 4 is 5.91 Å². The summed E-state index contributed by atoms with van der Waals surface area (Å²) in [6.45, 7) is 11.0. The van der Waals surface area contributed by atoms with E-state index in [2.05, 4.69) is 24.1 Å². The zero-order chi connectivity index (χ0) is 15.3. The van der Waals surface area contributed by atoms with E-state index >= 15 is 0 Å². The quantitative estimate of drug-likeness (QED) is 0.731. The molecule has 0 saturated carbocycles. The number of primary amides is 1. The molecule has 4 unspecified atom stereocenters. The molecular formula is C15H31N3O2. The van der Waals surface area contributed by atoms with E-state index in [4.69, 9.17) is 10.5 Å². The van der Waals surface area contributed by atoms with E-state index < -0.39 is 5.54 Å². The van der Waals surface area contributed by atoms with Crippen molar-refractivity contribution in [3.05, 3.63) is 0 Å². The van der Waals surface area contributed by atoms with Gasteiger partial charge < -0.3 is 15.8 Å². The standard InChI is InChI=1S/C15H31N3O2/c1-6-17-15(4,14(16)19)9-12(3)18-8-7-11(2)13(10-18)20-5/h11-13,17H,6-10H2,1-5H3,(H2,16,19). The normalized spacial score (nSPS) is 28.9. The van der Waals surface area contributed by atoms with Crippen LogP contribution in [0.1, 0.15) is 40.5 Å². The van der Waals surface area contributed by atoms with Gasteiger partial charge in [-0.15, -0.1) is 0 Å². The van der Waals surface area contributed by atoms with Crippen LogP contribution in [0.25, 0.3) is 0 Å². The Labute approximate surface area is 123 Å². The first kappa shape index (κ1) is 17.4. The number of methoxy groups -OCH3 is 1. The summed E-state index contributed by atoms with van der Waals surface area (Å²) in [5.74, 6) is 0.319. The van der Waals surface area contributed by atoms with Crippen LogP contribution in [0.5, 0.6) is 0 Å². The molecule has 5 nitrogen and oxygen atoms in total. The maximum absolute atomic E-state index is 11.7. The number of carbonyl (C=O) groups excluding carboxylic acids is 1. The van der Waals surface area contributed by atoms with Crippen LogP contribution in [0.2, 0.25) is 0 Å². The van der Waals surface area contributed by atoms with Gasteiger partial charge in [0.15, 0.2) is 0 Å². The lowest BCUT2D eigenvalue weighted by Gasteiger charge is -2.42. The fraction of sp³-hybridized carbons (Fsp3) is 0.933. The number of nitrogens with two attached hydrogens (primary N) is 1. The van der Waals surface area contributed by atoms with E-state index in [0.29, 0.717) is 12.0 Å². The van der Waals surface area contributed by atoms with E-state index in [1.807, 2.05) is 13.8 Å². The summed E-state index contributed by atoms with van der Waals surface area (Å²) < 4.78 is 5.56. The maximum atomic E-state index is 11.7. The second-order valence-corrected chi connectivity index (χ2v) is 6.31. The minimum atomic E-state index is -0.639. The molecule has 1 rings (SSSR count). The zero-order valence-electron chi connectivity index (χ0n) is 13.6. The second kappa shape index (κ2) is 7.38. The molecule has 0 aromatic rings. The molecular weight excluding hydrogens is 254 g/mol. The van der Waals surface area contributed by atoms with Gasteiger partial charge in [-0.25, -0.2) is 0 Å². The Morgan fingerprint density at radius 2 is 2.25 bits per heavy atom. The Bertz CT molecular complexity index is 324. The summed E-state index contributed by atoms with van der Waals surface area (Å²) in [5, 5.41) is 3.23. The van der Waals surface area contributed by atoms with Gasteiger partial charge >= 0.3 is 0 Å². The highest BCUT2D eigenvalue weighted by Crippen LogP contribution is 2.24. The van der Waals surface area contributed by atoms with Gasteiger partial charge in [0.2, 0.25) is 5.91 Å². The summed E-state index contributed by atoms with van der Waals surface area (Å²) in [6.07, 6.45) is 2.14. The number of amides is 1. The van der Waals surface area contributed by atoms with Gasteiger partial charge in [0, 0.05) is 19.7 Å². The summed E-state index contributed by atoms with van der Waals surface area (Å²) in [6, 6.07) is 0.302. The van der Waals surface area contributed by atoms with Crippen LogP contribution in [-0.4, -0.2) is 55.2 Å². The molecule has 1 saturated heterocycles. The lowest BCUT2D eigenvalue weighted by molar-refractivity contribution is -0.124. The molecule has 1 aliphatic rings. The fourth-order valence-corrected chi connectivity index (χ4v) is 3.13. The van der Waals surface area contributed by atoms with Crippen LogP contribution in [0.4, 0.5) is 0 Å². The van der Waals surface area contributed by atoms with Crippen molar-refractivity contribution in [1.29, 1.82) is 0 Å². The molecule has 118 valence electrons. The number of nitrogens with one attached hydrogen (secondary N) is 1. The van der Waals surface area contributed by atoms with Gasteiger partial charge in [0.05, 0.1) is 11.6 Å². The van der Waals surface area contributed by atoms with Gasteiger partial charge in [0.25, 0.3) is 0 Å². The molecule has 0 aromatic heterocycles. The summed E-state index contributed by atoms with van der Waals surface area (Å²) in [7, 11) is 1.78. The van der Waals surface area contributed by atoms with Crippen LogP contribution in [0.15, 0.2) is 0 Å². The average Bonchev–Trinajstić information content (AvgIpc) is 2.39. The van der Waals surface area contributed by atoms with Crippen molar-refractivity contribution in [3.63, 3.8) is 0 Å². The second-order valence-electron chi connectivity index (χ2n) is 6.31. The Morgan fingerprint density at radius 1 is 1.60 bits per heavy atom. The van der Waals surface area contributed by atoms with Gasteiger partial charge in [0.1, 0.15) is 0 Å². The van der Waals surface area contributed by atoms with Crippen molar-refractivity contribution in [2.75, 3.05) is 26.7 Å². The number of likely N-dealkylation sites (tertiary alicyclic amines) is 1. The third-order valence-corrected chi connectivity index (χ3v) is 4.66. The van der Waals surface area contributed by atoms with Crippen LogP contribution in [-0.2, 0) is 9.53 Å². The number of likely N-dealkylation sites (N-methyl/N-ethyl adjacent to an activating group) is 1. The number of nitrogens with zero attached hydrogens (tertiary/aromatic N) is 1. The minimum Gasteiger partial charge on any atom is -0.380 e. The zero-order valence-corrected chi connectivity index (χ0v) is 13.6. The molecule has 1 aliphatic heterocycles. The predicted molar refractivity (Wildman–Crippen MR) is 81.5 cm³/mol. The van der Waals surface area contributed by atoms with E-state index in [1.165, 1.54) is 0 Å². The highest BCUT2D eigenvalue weighted by molar-refractivity contribution is 5.84. The number of piperidine rings is 1. The van der Waals surface area contributed by atoms with Crippen molar-refractivity contribution in [2.45, 2.75) is 58.2 Å². The van der Waals surface area contributed by atoms with Gasteiger partial charge in [-0.05, 0) is 45.7 Å². The average molecular weight is 285 g/mol. The SMILES string of the molecule is CCNC(C)(CC(C)N1CCC(C)C(OC)C1)C(N)=O. The predicted octanol–water partition coefficient (Wildman–Crippen LogP) is 0.975. The number of hydrogen-bond donors (Lipinski definition) is 2. The first-order valence-corrected chi connectivity index (χ1v) is 7.65. The largest absolute Gasteiger partial charge is 0.380 e. The summed E-state index contributed by atoms with van der Waals surface area (Å²) in [4.78, 5) is 14.1. The molecule has 20 heavy (non-hydrogen) atoms. The maximum Gasteiger partial charge on any atom is 0.237 e. The molecule has 5 heteroatoms. The molecule has 1 fully saturated rings. The Balaban J connectivity index is 2.65. The summed E-state index contributed by atoms with van der Waals surface area (Å²) in [5.41, 5.74) is 4.93. The molecule has 0 radical (unpaired) electrons. The monoisotopic (exact) mass is 285 g/mol. The van der Waals surface area contributed by atoms with Crippen LogP contribution in [0, 0.1) is 5.92 Å². The highest BCUT2D eigenvalue weighted by Gasteiger charge is 2.35. The van der Waals surface area contributed by atoms with Crippen LogP contribution in [0.3, 0.4) is 0 Å². The van der Waals surface area contributed by atoms with Crippen molar-refractivity contribution < 1.29 is 9.53 Å². The molecule has 1 heterocycles. The number of hydrogen-bond acceptors (Lipinski definition) is 4. The Hall–Kier alpha value is -0.650. The minimum absolute atomic E-state index is 0.278. The first-order valence-electron chi connectivity index (χ1n) is 7.65. The fourth-order valence-electron chi connectivity index (χ4n) is 3.13. The van der Waals surface area contributed by atoms with E-state index in [0.717, 1.165) is 32.5 Å². The van der Waals surface area contributed by atoms with Gasteiger partial charge in [-0.3, -0.25) is 9.69 Å². The van der Waals surface area contributed by atoms with E-state index in [-0.39, 0.29) is 12.0 Å². The van der Waals surface area contributed by atoms with Crippen LogP contribution >= 0.6 is 0 Å². The molecule has 3 N–H and O–H groups in total. The van der Waals surface area contributed by atoms with Gasteiger partial charge in [-0.2, -0.15) is 0 Å². The number of rotatable bonds is 7. The Morgan fingerprint density at radius 3 is 2.75 bits per heavy atom. The molecule has 0 spiro atoms. The molecule has 0 bridgehead atoms. The molecule has 0 aliphatic carbocycles. The lowest BCUT2D eigenvalue weighted by atomic mass is 9.89. The van der Waals surface area contributed by atoms with Gasteiger partial charge in [-0.1, -0.05) is 13.8 Å². The van der Waals surface area contributed by atoms with Crippen molar-refractivity contribution in [3.8, 4) is 0 Å². The highest BCUT2D eigenvalue weighted by atomic mass is 16.5. The Kier molecular flexibility index (Phi) is 6.43.